The van der Waals surface area contributed by atoms with Crippen LogP contribution in [0.4, 0.5) is 0 Å². The monoisotopic (exact) mass is 345 g/mol. The van der Waals surface area contributed by atoms with Gasteiger partial charge in [-0.2, -0.15) is 0 Å². The van der Waals surface area contributed by atoms with Crippen LogP contribution in [0.15, 0.2) is 22.0 Å². The summed E-state index contributed by atoms with van der Waals surface area (Å²) in [5, 5.41) is 11.6. The molecule has 0 radical (unpaired) electrons. The van der Waals surface area contributed by atoms with Crippen molar-refractivity contribution in [3.63, 3.8) is 0 Å². The summed E-state index contributed by atoms with van der Waals surface area (Å²) in [7, 11) is 0. The van der Waals surface area contributed by atoms with Crippen molar-refractivity contribution in [3.05, 3.63) is 26.9 Å². The Morgan fingerprint density at radius 1 is 1.53 bits per heavy atom. The Balaban J connectivity index is 2.42. The zero-order chi connectivity index (χ0) is 14.3. The molecule has 1 heterocycles. The second-order valence-electron chi connectivity index (χ2n) is 4.04. The first kappa shape index (κ1) is 15.9. The van der Waals surface area contributed by atoms with Gasteiger partial charge in [0.25, 0.3) is 0 Å². The molecule has 0 saturated carbocycles. The lowest BCUT2D eigenvalue weighted by atomic mass is 10.0. The molecule has 1 unspecified atom stereocenters. The Bertz CT molecular complexity index is 470. The molecule has 0 aromatic carbocycles. The molecule has 6 heteroatoms. The molecule has 0 spiro atoms. The molecule has 2 N–H and O–H groups in total. The number of amides is 1. The molecule has 104 valence electrons. The van der Waals surface area contributed by atoms with Crippen molar-refractivity contribution in [2.45, 2.75) is 19.8 Å². The maximum atomic E-state index is 11.6. The largest absolute Gasteiger partial charge is 0.481 e. The van der Waals surface area contributed by atoms with Crippen molar-refractivity contribution in [3.8, 4) is 0 Å². The molecule has 0 bridgehead atoms. The van der Waals surface area contributed by atoms with E-state index in [2.05, 4.69) is 21.2 Å². The van der Waals surface area contributed by atoms with Gasteiger partial charge < -0.3 is 10.4 Å². The fraction of sp³-hybridized carbons (Fsp3) is 0.385. The van der Waals surface area contributed by atoms with Crippen LogP contribution in [0.2, 0.25) is 0 Å². The minimum absolute atomic E-state index is 0.167. The summed E-state index contributed by atoms with van der Waals surface area (Å²) >= 11 is 4.86. The highest BCUT2D eigenvalue weighted by Crippen LogP contribution is 2.22. The zero-order valence-electron chi connectivity index (χ0n) is 10.6. The van der Waals surface area contributed by atoms with E-state index in [0.29, 0.717) is 6.42 Å². The molecule has 0 saturated heterocycles. The van der Waals surface area contributed by atoms with Gasteiger partial charge in [0, 0.05) is 17.5 Å². The zero-order valence-corrected chi connectivity index (χ0v) is 13.0. The fourth-order valence-electron chi connectivity index (χ4n) is 1.52. The first-order chi connectivity index (χ1) is 9.02. The van der Waals surface area contributed by atoms with Crippen molar-refractivity contribution in [2.75, 3.05) is 6.54 Å². The van der Waals surface area contributed by atoms with Gasteiger partial charge in [-0.3, -0.25) is 9.59 Å². The van der Waals surface area contributed by atoms with Crippen molar-refractivity contribution >= 4 is 45.2 Å². The van der Waals surface area contributed by atoms with Crippen LogP contribution in [0.3, 0.4) is 0 Å². The van der Waals surface area contributed by atoms with Crippen LogP contribution in [-0.2, 0) is 9.59 Å². The molecule has 0 fully saturated rings. The van der Waals surface area contributed by atoms with E-state index >= 15 is 0 Å². The number of carbonyl (C=O) groups is 2. The molecule has 1 aromatic rings. The Morgan fingerprint density at radius 3 is 2.79 bits per heavy atom. The summed E-state index contributed by atoms with van der Waals surface area (Å²) in [6, 6.07) is 3.81. The average Bonchev–Trinajstić information content (AvgIpc) is 2.77. The molecule has 19 heavy (non-hydrogen) atoms. The predicted molar refractivity (Wildman–Crippen MR) is 80.1 cm³/mol. The van der Waals surface area contributed by atoms with Crippen molar-refractivity contribution in [2.24, 2.45) is 5.92 Å². The highest BCUT2D eigenvalue weighted by Gasteiger charge is 2.16. The van der Waals surface area contributed by atoms with Gasteiger partial charge in [-0.25, -0.2) is 0 Å². The minimum Gasteiger partial charge on any atom is -0.481 e. The number of carbonyl (C=O) groups excluding carboxylic acids is 1. The third-order valence-electron chi connectivity index (χ3n) is 2.50. The Labute approximate surface area is 124 Å². The first-order valence-corrected chi connectivity index (χ1v) is 7.58. The van der Waals surface area contributed by atoms with Gasteiger partial charge in [-0.1, -0.05) is 13.3 Å². The number of hydrogen-bond acceptors (Lipinski definition) is 3. The van der Waals surface area contributed by atoms with Gasteiger partial charge in [-0.05, 0) is 40.6 Å². The number of carboxylic acid groups (broad SMARTS) is 1. The summed E-state index contributed by atoms with van der Waals surface area (Å²) < 4.78 is 1.00. The maximum Gasteiger partial charge on any atom is 0.308 e. The van der Waals surface area contributed by atoms with Crippen LogP contribution in [0.25, 0.3) is 6.08 Å². The molecule has 1 atom stereocenters. The number of carboxylic acids is 1. The summed E-state index contributed by atoms with van der Waals surface area (Å²) in [5.74, 6) is -1.65. The lowest BCUT2D eigenvalue weighted by molar-refractivity contribution is -0.141. The molecular formula is C13H16BrNO3S. The third-order valence-corrected chi connectivity index (χ3v) is 4.09. The highest BCUT2D eigenvalue weighted by atomic mass is 79.9. The summed E-state index contributed by atoms with van der Waals surface area (Å²) in [4.78, 5) is 23.4. The van der Waals surface area contributed by atoms with Crippen LogP contribution in [0, 0.1) is 5.92 Å². The number of thiophene rings is 1. The van der Waals surface area contributed by atoms with E-state index in [4.69, 9.17) is 5.11 Å². The second kappa shape index (κ2) is 8.12. The Hall–Kier alpha value is -1.14. The first-order valence-electron chi connectivity index (χ1n) is 5.97. The molecule has 0 aliphatic carbocycles. The summed E-state index contributed by atoms with van der Waals surface area (Å²) in [6.07, 6.45) is 4.48. The topological polar surface area (TPSA) is 66.4 Å². The number of aliphatic carboxylic acids is 1. The summed E-state index contributed by atoms with van der Waals surface area (Å²) in [5.41, 5.74) is 0. The van der Waals surface area contributed by atoms with E-state index in [9.17, 15) is 9.59 Å². The molecular weight excluding hydrogens is 330 g/mol. The number of rotatable bonds is 7. The molecule has 4 nitrogen and oxygen atoms in total. The SMILES string of the molecule is CCCC(CNC(=O)C=Cc1ccc(Br)s1)C(=O)O. The lowest BCUT2D eigenvalue weighted by Crippen LogP contribution is -2.31. The van der Waals surface area contributed by atoms with Crippen LogP contribution < -0.4 is 5.32 Å². The normalized spacial score (nSPS) is 12.5. The minimum atomic E-state index is -0.867. The summed E-state index contributed by atoms with van der Waals surface area (Å²) in [6.45, 7) is 2.09. The van der Waals surface area contributed by atoms with Crippen LogP contribution in [-0.4, -0.2) is 23.5 Å². The molecule has 0 aliphatic heterocycles. The van der Waals surface area contributed by atoms with E-state index in [0.717, 1.165) is 15.1 Å². The smallest absolute Gasteiger partial charge is 0.308 e. The molecule has 1 rings (SSSR count). The maximum absolute atomic E-state index is 11.6. The third kappa shape index (κ3) is 6.02. The quantitative estimate of drug-likeness (QED) is 0.746. The van der Waals surface area contributed by atoms with Crippen LogP contribution in [0.5, 0.6) is 0 Å². The number of hydrogen-bond donors (Lipinski definition) is 2. The van der Waals surface area contributed by atoms with E-state index in [1.165, 1.54) is 17.4 Å². The molecule has 1 aromatic heterocycles. The van der Waals surface area contributed by atoms with E-state index in [1.54, 1.807) is 6.08 Å². The van der Waals surface area contributed by atoms with Crippen LogP contribution >= 0.6 is 27.3 Å². The van der Waals surface area contributed by atoms with Crippen molar-refractivity contribution in [1.29, 1.82) is 0 Å². The van der Waals surface area contributed by atoms with Crippen molar-refractivity contribution in [1.82, 2.24) is 5.32 Å². The Morgan fingerprint density at radius 2 is 2.26 bits per heavy atom. The standard InChI is InChI=1S/C13H16BrNO3S/c1-2-3-9(13(17)18)8-15-12(16)7-5-10-4-6-11(14)19-10/h4-7,9H,2-3,8H2,1H3,(H,15,16)(H,17,18). The Kier molecular flexibility index (Phi) is 6.80. The molecule has 0 aliphatic rings. The fourth-order valence-corrected chi connectivity index (χ4v) is 2.85. The number of halogens is 1. The van der Waals surface area contributed by atoms with Gasteiger partial charge in [0.2, 0.25) is 5.91 Å². The van der Waals surface area contributed by atoms with Gasteiger partial charge in [0.1, 0.15) is 0 Å². The van der Waals surface area contributed by atoms with E-state index < -0.39 is 11.9 Å². The van der Waals surface area contributed by atoms with Crippen molar-refractivity contribution < 1.29 is 14.7 Å². The lowest BCUT2D eigenvalue weighted by Gasteiger charge is -2.10. The van der Waals surface area contributed by atoms with E-state index in [-0.39, 0.29) is 12.5 Å². The average molecular weight is 346 g/mol. The van der Waals surface area contributed by atoms with Gasteiger partial charge >= 0.3 is 5.97 Å². The second-order valence-corrected chi connectivity index (χ2v) is 6.54. The van der Waals surface area contributed by atoms with Gasteiger partial charge in [0.05, 0.1) is 9.70 Å². The highest BCUT2D eigenvalue weighted by molar-refractivity contribution is 9.11. The predicted octanol–water partition coefficient (Wildman–Crippen LogP) is 3.14. The van der Waals surface area contributed by atoms with Crippen LogP contribution in [0.1, 0.15) is 24.6 Å². The van der Waals surface area contributed by atoms with Gasteiger partial charge in [-0.15, -0.1) is 11.3 Å². The van der Waals surface area contributed by atoms with Gasteiger partial charge in [0.15, 0.2) is 0 Å². The molecule has 1 amide bonds. The number of nitrogens with one attached hydrogen (secondary N) is 1. The van der Waals surface area contributed by atoms with E-state index in [1.807, 2.05) is 19.1 Å².